The van der Waals surface area contributed by atoms with Crippen LogP contribution in [0.2, 0.25) is 0 Å². The summed E-state index contributed by atoms with van der Waals surface area (Å²) in [7, 11) is -3.47. The third-order valence-electron chi connectivity index (χ3n) is 1.93. The van der Waals surface area contributed by atoms with E-state index < -0.39 is 15.3 Å². The van der Waals surface area contributed by atoms with Crippen LogP contribution >= 0.6 is 0 Å². The lowest BCUT2D eigenvalue weighted by atomic mass is 10.2. The minimum Gasteiger partial charge on any atom is -0.387 e. The molecule has 6 heteroatoms. The molecular formula is C8H14N2O3S. The van der Waals surface area contributed by atoms with E-state index >= 15 is 0 Å². The van der Waals surface area contributed by atoms with Gasteiger partial charge in [-0.3, -0.25) is 0 Å². The van der Waals surface area contributed by atoms with Crippen LogP contribution < -0.4 is 10.6 Å². The molecule has 0 aromatic carbocycles. The molecule has 1 rings (SSSR count). The second-order valence-corrected chi connectivity index (χ2v) is 5.26. The molecule has 0 aliphatic carbocycles. The maximum atomic E-state index is 10.9. The zero-order valence-corrected chi connectivity index (χ0v) is 8.97. The molecule has 14 heavy (non-hydrogen) atoms. The van der Waals surface area contributed by atoms with Gasteiger partial charge < -0.3 is 4.84 Å². The second kappa shape index (κ2) is 4.02. The van der Waals surface area contributed by atoms with Gasteiger partial charge in [0, 0.05) is 6.42 Å². The quantitative estimate of drug-likeness (QED) is 0.717. The number of hydroxylamine groups is 1. The highest BCUT2D eigenvalue weighted by Gasteiger charge is 2.18. The average Bonchev–Trinajstić information content (AvgIpc) is 2.07. The molecule has 0 aromatic heterocycles. The summed E-state index contributed by atoms with van der Waals surface area (Å²) in [5.41, 5.74) is 3.35. The van der Waals surface area contributed by atoms with Crippen molar-refractivity contribution in [1.82, 2.24) is 5.48 Å². The highest BCUT2D eigenvalue weighted by molar-refractivity contribution is 7.89. The fourth-order valence-electron chi connectivity index (χ4n) is 0.968. The predicted octanol–water partition coefficient (Wildman–Crippen LogP) is 0.376. The molecule has 3 N–H and O–H groups in total. The largest absolute Gasteiger partial charge is 0.387 e. The number of nitrogens with one attached hydrogen (secondary N) is 1. The van der Waals surface area contributed by atoms with Crippen molar-refractivity contribution in [1.29, 1.82) is 0 Å². The number of hydrogen-bond donors (Lipinski definition) is 2. The SMILES string of the molecule is CC1=CC=C(CC(C)S(N)(=O)=O)NO1. The molecule has 0 saturated heterocycles. The fourth-order valence-corrected chi connectivity index (χ4v) is 1.38. The number of rotatable bonds is 3. The van der Waals surface area contributed by atoms with E-state index in [4.69, 9.17) is 9.98 Å². The molecule has 0 amide bonds. The molecule has 0 fully saturated rings. The van der Waals surface area contributed by atoms with Crippen LogP contribution in [0.15, 0.2) is 23.6 Å². The summed E-state index contributed by atoms with van der Waals surface area (Å²) in [6.07, 6.45) is 3.87. The Kier molecular flexibility index (Phi) is 3.17. The van der Waals surface area contributed by atoms with E-state index in [0.29, 0.717) is 12.1 Å². The van der Waals surface area contributed by atoms with Gasteiger partial charge in [0.05, 0.1) is 10.9 Å². The van der Waals surface area contributed by atoms with Gasteiger partial charge in [0.15, 0.2) is 0 Å². The summed E-state index contributed by atoms with van der Waals surface area (Å²) >= 11 is 0. The van der Waals surface area contributed by atoms with Crippen LogP contribution in [0.4, 0.5) is 0 Å². The third-order valence-corrected chi connectivity index (χ3v) is 3.22. The molecule has 0 radical (unpaired) electrons. The monoisotopic (exact) mass is 218 g/mol. The average molecular weight is 218 g/mol. The van der Waals surface area contributed by atoms with E-state index in [1.165, 1.54) is 0 Å². The van der Waals surface area contributed by atoms with Gasteiger partial charge >= 0.3 is 0 Å². The lowest BCUT2D eigenvalue weighted by molar-refractivity contribution is 0.125. The summed E-state index contributed by atoms with van der Waals surface area (Å²) in [6, 6.07) is 0. The first-order chi connectivity index (χ1) is 6.39. The zero-order valence-electron chi connectivity index (χ0n) is 8.15. The molecule has 1 atom stereocenters. The summed E-state index contributed by atoms with van der Waals surface area (Å²) < 4.78 is 21.9. The van der Waals surface area contributed by atoms with Crippen LogP contribution in [0.25, 0.3) is 0 Å². The lowest BCUT2D eigenvalue weighted by Gasteiger charge is -2.17. The van der Waals surface area contributed by atoms with Crippen molar-refractivity contribution in [2.45, 2.75) is 25.5 Å². The number of nitrogens with two attached hydrogens (primary N) is 1. The highest BCUT2D eigenvalue weighted by Crippen LogP contribution is 2.12. The van der Waals surface area contributed by atoms with Crippen molar-refractivity contribution in [2.75, 3.05) is 0 Å². The highest BCUT2D eigenvalue weighted by atomic mass is 32.2. The second-order valence-electron chi connectivity index (χ2n) is 3.28. The number of hydrogen-bond acceptors (Lipinski definition) is 4. The van der Waals surface area contributed by atoms with Crippen molar-refractivity contribution in [3.63, 3.8) is 0 Å². The molecule has 0 aromatic rings. The summed E-state index contributed by atoms with van der Waals surface area (Å²) in [5.74, 6) is 0.733. The Labute approximate surface area is 83.6 Å². The van der Waals surface area contributed by atoms with Gasteiger partial charge in [-0.2, -0.15) is 0 Å². The van der Waals surface area contributed by atoms with E-state index in [9.17, 15) is 8.42 Å². The van der Waals surface area contributed by atoms with Gasteiger partial charge in [0.25, 0.3) is 0 Å². The first kappa shape index (κ1) is 11.1. The fraction of sp³-hybridized carbons (Fsp3) is 0.500. The smallest absolute Gasteiger partial charge is 0.212 e. The van der Waals surface area contributed by atoms with Crippen LogP contribution in [0.5, 0.6) is 0 Å². The Morgan fingerprint density at radius 1 is 1.57 bits per heavy atom. The molecular weight excluding hydrogens is 204 g/mol. The number of primary sulfonamides is 1. The molecule has 0 spiro atoms. The van der Waals surface area contributed by atoms with E-state index in [1.807, 2.05) is 0 Å². The molecule has 0 saturated carbocycles. The molecule has 1 heterocycles. The Hall–Kier alpha value is -1.01. The van der Waals surface area contributed by atoms with Gasteiger partial charge in [-0.1, -0.05) is 0 Å². The van der Waals surface area contributed by atoms with E-state index in [1.54, 1.807) is 26.0 Å². The Balaban J connectivity index is 2.63. The minimum absolute atomic E-state index is 0.322. The molecule has 1 aliphatic rings. The Morgan fingerprint density at radius 2 is 2.21 bits per heavy atom. The number of allylic oxidation sites excluding steroid dienone is 4. The summed E-state index contributed by atoms with van der Waals surface area (Å²) in [5, 5.41) is 4.37. The Morgan fingerprint density at radius 3 is 2.64 bits per heavy atom. The Bertz CT molecular complexity index is 370. The first-order valence-electron chi connectivity index (χ1n) is 4.21. The van der Waals surface area contributed by atoms with Crippen LogP contribution in [-0.4, -0.2) is 13.7 Å². The zero-order chi connectivity index (χ0) is 10.8. The van der Waals surface area contributed by atoms with Crippen molar-refractivity contribution in [3.8, 4) is 0 Å². The summed E-state index contributed by atoms with van der Waals surface area (Å²) in [4.78, 5) is 5.01. The van der Waals surface area contributed by atoms with Gasteiger partial charge in [-0.05, 0) is 26.0 Å². The molecule has 80 valence electrons. The van der Waals surface area contributed by atoms with E-state index in [2.05, 4.69) is 5.48 Å². The minimum atomic E-state index is -3.47. The predicted molar refractivity (Wildman–Crippen MR) is 53.2 cm³/mol. The normalized spacial score (nSPS) is 18.8. The molecule has 0 bridgehead atoms. The van der Waals surface area contributed by atoms with Crippen LogP contribution in [0.1, 0.15) is 20.3 Å². The van der Waals surface area contributed by atoms with E-state index in [0.717, 1.165) is 5.76 Å². The van der Waals surface area contributed by atoms with Crippen LogP contribution in [-0.2, 0) is 14.9 Å². The van der Waals surface area contributed by atoms with Gasteiger partial charge in [-0.15, -0.1) is 0 Å². The first-order valence-corrected chi connectivity index (χ1v) is 5.82. The molecule has 1 aliphatic heterocycles. The third kappa shape index (κ3) is 3.04. The van der Waals surface area contributed by atoms with Crippen molar-refractivity contribution < 1.29 is 13.3 Å². The van der Waals surface area contributed by atoms with Gasteiger partial charge in [0.2, 0.25) is 10.0 Å². The lowest BCUT2D eigenvalue weighted by Crippen LogP contribution is -2.29. The topological polar surface area (TPSA) is 81.4 Å². The van der Waals surface area contributed by atoms with Gasteiger partial charge in [0.1, 0.15) is 5.76 Å². The maximum Gasteiger partial charge on any atom is 0.212 e. The van der Waals surface area contributed by atoms with Gasteiger partial charge in [-0.25, -0.2) is 19.0 Å². The standard InChI is InChI=1S/C8H14N2O3S/c1-6-3-4-8(10-13-6)5-7(2)14(9,11)12/h3-4,7,10H,5H2,1-2H3,(H2,9,11,12). The van der Waals surface area contributed by atoms with Crippen LogP contribution in [0, 0.1) is 0 Å². The summed E-state index contributed by atoms with van der Waals surface area (Å²) in [6.45, 7) is 3.35. The number of sulfonamides is 1. The van der Waals surface area contributed by atoms with Crippen molar-refractivity contribution in [3.05, 3.63) is 23.6 Å². The maximum absolute atomic E-state index is 10.9. The molecule has 5 nitrogen and oxygen atoms in total. The van der Waals surface area contributed by atoms with Crippen LogP contribution in [0.3, 0.4) is 0 Å². The van der Waals surface area contributed by atoms with Crippen molar-refractivity contribution in [2.24, 2.45) is 5.14 Å². The molecule has 1 unspecified atom stereocenters. The van der Waals surface area contributed by atoms with E-state index in [-0.39, 0.29) is 0 Å². The van der Waals surface area contributed by atoms with Crippen molar-refractivity contribution >= 4 is 10.0 Å².